The standard InChI is InChI=1S/C21H22FN3O3S2/c22-14-8-10-15(11-9-14)30(27,28)25-12-4-6-18(25)20(26)24-21-17(13-23)16-5-2-1-3-7-19(16)29-21/h8-11,18H,1-7,12H2,(H,24,26). The van der Waals surface area contributed by atoms with Crippen molar-refractivity contribution in [2.24, 2.45) is 0 Å². The normalized spacial score (nSPS) is 19.7. The molecule has 2 heterocycles. The van der Waals surface area contributed by atoms with Gasteiger partial charge in [-0.15, -0.1) is 11.3 Å². The molecule has 158 valence electrons. The van der Waals surface area contributed by atoms with Gasteiger partial charge in [-0.1, -0.05) is 6.42 Å². The number of sulfonamides is 1. The fraction of sp³-hybridized carbons (Fsp3) is 0.429. The molecule has 0 spiro atoms. The Morgan fingerprint density at radius 3 is 2.63 bits per heavy atom. The van der Waals surface area contributed by atoms with Gasteiger partial charge in [-0.2, -0.15) is 9.57 Å². The van der Waals surface area contributed by atoms with Crippen LogP contribution in [0.25, 0.3) is 0 Å². The highest BCUT2D eigenvalue weighted by Gasteiger charge is 2.40. The van der Waals surface area contributed by atoms with Crippen molar-refractivity contribution >= 4 is 32.3 Å². The van der Waals surface area contributed by atoms with E-state index < -0.39 is 27.8 Å². The van der Waals surface area contributed by atoms with Crippen molar-refractivity contribution in [3.05, 3.63) is 46.1 Å². The van der Waals surface area contributed by atoms with E-state index in [0.29, 0.717) is 23.4 Å². The van der Waals surface area contributed by atoms with Crippen LogP contribution in [0.2, 0.25) is 0 Å². The third-order valence-corrected chi connectivity index (χ3v) is 8.83. The monoisotopic (exact) mass is 447 g/mol. The fourth-order valence-corrected chi connectivity index (χ4v) is 7.08. The maximum atomic E-state index is 13.2. The molecule has 1 atom stereocenters. The molecule has 1 aliphatic heterocycles. The van der Waals surface area contributed by atoms with Crippen LogP contribution in [0.4, 0.5) is 9.39 Å². The van der Waals surface area contributed by atoms with Crippen molar-refractivity contribution in [2.45, 2.75) is 55.9 Å². The molecule has 30 heavy (non-hydrogen) atoms. The maximum absolute atomic E-state index is 13.2. The van der Waals surface area contributed by atoms with E-state index in [2.05, 4.69) is 11.4 Å². The van der Waals surface area contributed by atoms with E-state index in [1.165, 1.54) is 27.8 Å². The van der Waals surface area contributed by atoms with E-state index in [-0.39, 0.29) is 11.4 Å². The number of thiophene rings is 1. The third kappa shape index (κ3) is 3.87. The third-order valence-electron chi connectivity index (χ3n) is 5.70. The van der Waals surface area contributed by atoms with Gasteiger partial charge in [0.15, 0.2) is 0 Å². The lowest BCUT2D eigenvalue weighted by Gasteiger charge is -2.23. The molecule has 6 nitrogen and oxygen atoms in total. The molecule has 1 amide bonds. The van der Waals surface area contributed by atoms with Crippen LogP contribution in [-0.4, -0.2) is 31.2 Å². The lowest BCUT2D eigenvalue weighted by molar-refractivity contribution is -0.119. The Kier molecular flexibility index (Phi) is 5.91. The number of anilines is 1. The Balaban J connectivity index is 1.58. The molecule has 1 N–H and O–H groups in total. The largest absolute Gasteiger partial charge is 0.315 e. The van der Waals surface area contributed by atoms with E-state index in [0.717, 1.165) is 54.7 Å². The number of fused-ring (bicyclic) bond motifs is 1. The van der Waals surface area contributed by atoms with Crippen LogP contribution in [0.5, 0.6) is 0 Å². The van der Waals surface area contributed by atoms with Crippen LogP contribution in [0.1, 0.15) is 48.1 Å². The number of hydrogen-bond donors (Lipinski definition) is 1. The molecule has 0 bridgehead atoms. The first kappa shape index (κ1) is 21.0. The van der Waals surface area contributed by atoms with Gasteiger partial charge < -0.3 is 5.32 Å². The zero-order valence-electron chi connectivity index (χ0n) is 16.4. The Morgan fingerprint density at radius 2 is 1.90 bits per heavy atom. The van der Waals surface area contributed by atoms with Gasteiger partial charge in [-0.25, -0.2) is 12.8 Å². The molecule has 1 aromatic carbocycles. The Morgan fingerprint density at radius 1 is 1.17 bits per heavy atom. The molecule has 1 aromatic heterocycles. The summed E-state index contributed by atoms with van der Waals surface area (Å²) in [6, 6.07) is 5.98. The van der Waals surface area contributed by atoms with Crippen LogP contribution in [0.15, 0.2) is 29.2 Å². The molecule has 2 aromatic rings. The van der Waals surface area contributed by atoms with E-state index in [1.807, 2.05) is 0 Å². The number of halogens is 1. The second kappa shape index (κ2) is 8.46. The van der Waals surface area contributed by atoms with Crippen molar-refractivity contribution in [1.29, 1.82) is 5.26 Å². The second-order valence-electron chi connectivity index (χ2n) is 7.60. The maximum Gasteiger partial charge on any atom is 0.243 e. The van der Waals surface area contributed by atoms with Crippen LogP contribution >= 0.6 is 11.3 Å². The molecule has 1 saturated heterocycles. The van der Waals surface area contributed by atoms with Crippen molar-refractivity contribution in [3.8, 4) is 6.07 Å². The van der Waals surface area contributed by atoms with Gasteiger partial charge in [-0.05, 0) is 68.4 Å². The number of carbonyl (C=O) groups excluding carboxylic acids is 1. The summed E-state index contributed by atoms with van der Waals surface area (Å²) in [5.74, 6) is -0.947. The number of hydrogen-bond acceptors (Lipinski definition) is 5. The molecule has 1 unspecified atom stereocenters. The van der Waals surface area contributed by atoms with Gasteiger partial charge in [0.1, 0.15) is 22.9 Å². The lowest BCUT2D eigenvalue weighted by Crippen LogP contribution is -2.43. The summed E-state index contributed by atoms with van der Waals surface area (Å²) in [4.78, 5) is 14.1. The summed E-state index contributed by atoms with van der Waals surface area (Å²) in [7, 11) is -3.92. The fourth-order valence-electron chi connectivity index (χ4n) is 4.18. The number of rotatable bonds is 4. The molecule has 0 radical (unpaired) electrons. The predicted octanol–water partition coefficient (Wildman–Crippen LogP) is 3.82. The van der Waals surface area contributed by atoms with E-state index in [4.69, 9.17) is 0 Å². The molecule has 0 saturated carbocycles. The summed E-state index contributed by atoms with van der Waals surface area (Å²) >= 11 is 1.43. The number of carbonyl (C=O) groups is 1. The van der Waals surface area contributed by atoms with Crippen LogP contribution < -0.4 is 5.32 Å². The number of nitriles is 1. The van der Waals surface area contributed by atoms with Gasteiger partial charge in [-0.3, -0.25) is 4.79 Å². The number of amides is 1. The highest BCUT2D eigenvalue weighted by atomic mass is 32.2. The number of nitrogens with one attached hydrogen (secondary N) is 1. The van der Waals surface area contributed by atoms with Gasteiger partial charge in [0.2, 0.25) is 15.9 Å². The summed E-state index contributed by atoms with van der Waals surface area (Å²) in [5, 5.41) is 13.0. The average molecular weight is 448 g/mol. The van der Waals surface area contributed by atoms with Crippen molar-refractivity contribution in [2.75, 3.05) is 11.9 Å². The molecular weight excluding hydrogens is 425 g/mol. The first-order valence-electron chi connectivity index (χ1n) is 10.0. The lowest BCUT2D eigenvalue weighted by atomic mass is 10.1. The zero-order chi connectivity index (χ0) is 21.3. The van der Waals surface area contributed by atoms with Crippen molar-refractivity contribution in [3.63, 3.8) is 0 Å². The summed E-state index contributed by atoms with van der Waals surface area (Å²) in [6.07, 6.45) is 5.92. The highest BCUT2D eigenvalue weighted by Crippen LogP contribution is 2.37. The minimum atomic E-state index is -3.92. The Hall–Kier alpha value is -2.28. The van der Waals surface area contributed by atoms with E-state index in [9.17, 15) is 22.9 Å². The van der Waals surface area contributed by atoms with Crippen LogP contribution in [-0.2, 0) is 27.7 Å². The Bertz CT molecular complexity index is 1100. The smallest absolute Gasteiger partial charge is 0.243 e. The van der Waals surface area contributed by atoms with Gasteiger partial charge >= 0.3 is 0 Å². The average Bonchev–Trinajstić information content (AvgIpc) is 3.27. The first-order chi connectivity index (χ1) is 14.4. The topological polar surface area (TPSA) is 90.3 Å². The summed E-state index contributed by atoms with van der Waals surface area (Å²) < 4.78 is 40.4. The minimum absolute atomic E-state index is 0.0378. The minimum Gasteiger partial charge on any atom is -0.315 e. The quantitative estimate of drug-likeness (QED) is 0.722. The van der Waals surface area contributed by atoms with Crippen molar-refractivity contribution in [1.82, 2.24) is 4.31 Å². The van der Waals surface area contributed by atoms with Gasteiger partial charge in [0.25, 0.3) is 0 Å². The summed E-state index contributed by atoms with van der Waals surface area (Å²) in [5.41, 5.74) is 1.54. The van der Waals surface area contributed by atoms with Gasteiger partial charge in [0.05, 0.1) is 10.5 Å². The number of nitrogens with zero attached hydrogens (tertiary/aromatic N) is 2. The molecule has 4 rings (SSSR count). The molecular formula is C21H22FN3O3S2. The number of benzene rings is 1. The van der Waals surface area contributed by atoms with E-state index in [1.54, 1.807) is 0 Å². The molecule has 2 aliphatic rings. The van der Waals surface area contributed by atoms with Crippen LogP contribution in [0.3, 0.4) is 0 Å². The highest BCUT2D eigenvalue weighted by molar-refractivity contribution is 7.89. The van der Waals surface area contributed by atoms with Crippen molar-refractivity contribution < 1.29 is 17.6 Å². The first-order valence-corrected chi connectivity index (χ1v) is 12.3. The Labute approximate surface area is 179 Å². The SMILES string of the molecule is N#Cc1c(NC(=O)C2CCCN2S(=O)(=O)c2ccc(F)cc2)sc2c1CCCCC2. The zero-order valence-corrected chi connectivity index (χ0v) is 18.0. The molecule has 9 heteroatoms. The van der Waals surface area contributed by atoms with Crippen LogP contribution in [0, 0.1) is 17.1 Å². The summed E-state index contributed by atoms with van der Waals surface area (Å²) in [6.45, 7) is 0.226. The second-order valence-corrected chi connectivity index (χ2v) is 10.6. The predicted molar refractivity (Wildman–Crippen MR) is 112 cm³/mol. The van der Waals surface area contributed by atoms with E-state index >= 15 is 0 Å². The number of aryl methyl sites for hydroxylation is 1. The van der Waals surface area contributed by atoms with Gasteiger partial charge in [0, 0.05) is 11.4 Å². The molecule has 1 fully saturated rings. The molecule has 1 aliphatic carbocycles.